The molecule has 0 bridgehead atoms. The summed E-state index contributed by atoms with van der Waals surface area (Å²) in [5, 5.41) is 14.2. The van der Waals surface area contributed by atoms with Gasteiger partial charge in [-0.15, -0.1) is 0 Å². The van der Waals surface area contributed by atoms with Crippen LogP contribution in [0.25, 0.3) is 0 Å². The van der Waals surface area contributed by atoms with Crippen molar-refractivity contribution in [1.29, 1.82) is 0 Å². The Balaban J connectivity index is 1.70. The summed E-state index contributed by atoms with van der Waals surface area (Å²) in [5.41, 5.74) is 1.86. The summed E-state index contributed by atoms with van der Waals surface area (Å²) < 4.78 is 0. The Hall–Kier alpha value is -1.28. The van der Waals surface area contributed by atoms with E-state index in [1.165, 1.54) is 11.3 Å². The number of rotatable bonds is 5. The molecule has 7 heteroatoms. The minimum Gasteiger partial charge on any atom is -0.373 e. The van der Waals surface area contributed by atoms with Crippen LogP contribution in [0.1, 0.15) is 35.2 Å². The largest absolute Gasteiger partial charge is 0.373 e. The van der Waals surface area contributed by atoms with Gasteiger partial charge in [-0.3, -0.25) is 15.0 Å². The summed E-state index contributed by atoms with van der Waals surface area (Å²) in [5.74, 6) is 0.0493. The molecule has 1 aromatic heterocycles. The van der Waals surface area contributed by atoms with Crippen molar-refractivity contribution in [2.45, 2.75) is 37.4 Å². The number of thiazole rings is 1. The maximum Gasteiger partial charge on any atom is 0.242 e. The number of aryl methyl sites for hydroxylation is 1. The van der Waals surface area contributed by atoms with Crippen LogP contribution in [0.5, 0.6) is 0 Å². The van der Waals surface area contributed by atoms with Crippen LogP contribution in [0, 0.1) is 6.92 Å². The van der Waals surface area contributed by atoms with Crippen molar-refractivity contribution in [3.63, 3.8) is 0 Å². The van der Waals surface area contributed by atoms with E-state index in [0.717, 1.165) is 29.0 Å². The molecule has 0 spiro atoms. The first-order valence-electron chi connectivity index (χ1n) is 7.94. The monoisotopic (exact) mass is 409 g/mol. The van der Waals surface area contributed by atoms with Gasteiger partial charge in [-0.25, -0.2) is 4.98 Å². The molecule has 5 nitrogen and oxygen atoms in total. The van der Waals surface area contributed by atoms with Gasteiger partial charge in [0.25, 0.3) is 0 Å². The quantitative estimate of drug-likeness (QED) is 0.587. The number of aliphatic hydroxyl groups is 1. The number of anilines is 1. The first kappa shape index (κ1) is 17.5. The third-order valence-corrected chi connectivity index (χ3v) is 6.10. The number of piperidine rings is 1. The number of carbonyl (C=O) groups excluding carboxylic acids is 1. The van der Waals surface area contributed by atoms with E-state index in [1.54, 1.807) is 4.90 Å². The zero-order valence-corrected chi connectivity index (χ0v) is 15.8. The number of benzene rings is 1. The Morgan fingerprint density at radius 2 is 2.21 bits per heavy atom. The highest BCUT2D eigenvalue weighted by molar-refractivity contribution is 9.10. The number of aromatic nitrogens is 1. The second-order valence-corrected chi connectivity index (χ2v) is 7.93. The summed E-state index contributed by atoms with van der Waals surface area (Å²) in [6.45, 7) is 3.12. The van der Waals surface area contributed by atoms with Crippen LogP contribution in [-0.4, -0.2) is 27.4 Å². The minimum absolute atomic E-state index is 0.0493. The molecule has 128 valence electrons. The lowest BCUT2D eigenvalue weighted by Gasteiger charge is -2.27. The molecule has 3 rings (SSSR count). The summed E-state index contributed by atoms with van der Waals surface area (Å²) in [6.07, 6.45) is 1.01. The van der Waals surface area contributed by atoms with Crippen LogP contribution in [-0.2, 0) is 11.3 Å². The van der Waals surface area contributed by atoms with Gasteiger partial charge in [-0.1, -0.05) is 57.6 Å². The van der Waals surface area contributed by atoms with Crippen molar-refractivity contribution in [2.24, 2.45) is 0 Å². The van der Waals surface area contributed by atoms with Crippen LogP contribution in [0.2, 0.25) is 0 Å². The Labute approximate surface area is 153 Å². The zero-order chi connectivity index (χ0) is 17.1. The molecule has 0 radical (unpaired) electrons. The van der Waals surface area contributed by atoms with Gasteiger partial charge < -0.3 is 5.11 Å². The molecule has 0 aliphatic carbocycles. The SMILES string of the molecule is Cc1nc(N2CCCC(Br)C2=O)sc1C(O)NCc1ccccc1. The van der Waals surface area contributed by atoms with Crippen LogP contribution >= 0.6 is 27.3 Å². The lowest BCUT2D eigenvalue weighted by atomic mass is 10.1. The lowest BCUT2D eigenvalue weighted by Crippen LogP contribution is -2.41. The smallest absolute Gasteiger partial charge is 0.242 e. The fourth-order valence-electron chi connectivity index (χ4n) is 2.69. The Kier molecular flexibility index (Phi) is 5.65. The van der Waals surface area contributed by atoms with Crippen LogP contribution < -0.4 is 10.2 Å². The standard InChI is InChI=1S/C17H20BrN3O2S/c1-11-14(15(22)19-10-12-6-3-2-4-7-12)24-17(20-11)21-9-5-8-13(18)16(21)23/h2-4,6-7,13,15,19,22H,5,8-10H2,1H3. The van der Waals surface area contributed by atoms with E-state index in [1.807, 2.05) is 37.3 Å². The molecule has 1 saturated heterocycles. The second kappa shape index (κ2) is 7.74. The molecular weight excluding hydrogens is 390 g/mol. The Morgan fingerprint density at radius 3 is 2.96 bits per heavy atom. The number of aliphatic hydroxyl groups excluding tert-OH is 1. The number of halogens is 1. The highest BCUT2D eigenvalue weighted by Gasteiger charge is 2.30. The summed E-state index contributed by atoms with van der Waals surface area (Å²) >= 11 is 4.80. The number of carbonyl (C=O) groups is 1. The molecule has 24 heavy (non-hydrogen) atoms. The van der Waals surface area contributed by atoms with Crippen molar-refractivity contribution >= 4 is 38.3 Å². The van der Waals surface area contributed by atoms with E-state index in [2.05, 4.69) is 26.2 Å². The van der Waals surface area contributed by atoms with Gasteiger partial charge >= 0.3 is 0 Å². The van der Waals surface area contributed by atoms with Crippen LogP contribution in [0.4, 0.5) is 5.13 Å². The van der Waals surface area contributed by atoms with E-state index < -0.39 is 6.23 Å². The average molecular weight is 410 g/mol. The van der Waals surface area contributed by atoms with Crippen molar-refractivity contribution in [3.8, 4) is 0 Å². The molecule has 1 aliphatic rings. The minimum atomic E-state index is -0.795. The highest BCUT2D eigenvalue weighted by atomic mass is 79.9. The molecule has 2 aromatic rings. The van der Waals surface area contributed by atoms with Gasteiger partial charge in [0.15, 0.2) is 5.13 Å². The fraction of sp³-hybridized carbons (Fsp3) is 0.412. The van der Waals surface area contributed by atoms with Gasteiger partial charge in [0.2, 0.25) is 5.91 Å². The molecular formula is C17H20BrN3O2S. The molecule has 1 fully saturated rings. The number of nitrogens with one attached hydrogen (secondary N) is 1. The van der Waals surface area contributed by atoms with E-state index in [-0.39, 0.29) is 10.7 Å². The first-order chi connectivity index (χ1) is 11.6. The van der Waals surface area contributed by atoms with Gasteiger partial charge in [0, 0.05) is 13.1 Å². The second-order valence-electron chi connectivity index (χ2n) is 5.81. The lowest BCUT2D eigenvalue weighted by molar-refractivity contribution is -0.118. The predicted molar refractivity (Wildman–Crippen MR) is 99.4 cm³/mol. The summed E-state index contributed by atoms with van der Waals surface area (Å²) in [7, 11) is 0. The summed E-state index contributed by atoms with van der Waals surface area (Å²) in [4.78, 5) is 19.1. The third-order valence-electron chi connectivity index (χ3n) is 4.02. The number of alkyl halides is 1. The number of hydrogen-bond donors (Lipinski definition) is 2. The van der Waals surface area contributed by atoms with Crippen LogP contribution in [0.3, 0.4) is 0 Å². The molecule has 0 saturated carbocycles. The molecule has 2 N–H and O–H groups in total. The maximum atomic E-state index is 12.3. The fourth-order valence-corrected chi connectivity index (χ4v) is 4.32. The highest BCUT2D eigenvalue weighted by Crippen LogP contribution is 2.33. The Bertz CT molecular complexity index is 707. The molecule has 1 aliphatic heterocycles. The topological polar surface area (TPSA) is 65.5 Å². The Morgan fingerprint density at radius 1 is 1.46 bits per heavy atom. The summed E-state index contributed by atoms with van der Waals surface area (Å²) in [6, 6.07) is 9.92. The number of hydrogen-bond acceptors (Lipinski definition) is 5. The van der Waals surface area contributed by atoms with Crippen molar-refractivity contribution in [2.75, 3.05) is 11.4 Å². The van der Waals surface area contributed by atoms with Gasteiger partial charge in [0.05, 0.1) is 15.4 Å². The normalized spacial score (nSPS) is 19.5. The molecule has 1 amide bonds. The average Bonchev–Trinajstić information content (AvgIpc) is 2.98. The van der Waals surface area contributed by atoms with Crippen LogP contribution in [0.15, 0.2) is 30.3 Å². The first-order valence-corrected chi connectivity index (χ1v) is 9.67. The van der Waals surface area contributed by atoms with Gasteiger partial charge in [0.1, 0.15) is 6.23 Å². The van der Waals surface area contributed by atoms with Gasteiger partial charge in [-0.05, 0) is 25.3 Å². The molecule has 2 atom stereocenters. The number of nitrogens with zero attached hydrogens (tertiary/aromatic N) is 2. The predicted octanol–water partition coefficient (Wildman–Crippen LogP) is 3.12. The van der Waals surface area contributed by atoms with E-state index in [0.29, 0.717) is 18.2 Å². The van der Waals surface area contributed by atoms with Crippen molar-refractivity contribution in [1.82, 2.24) is 10.3 Å². The van der Waals surface area contributed by atoms with Gasteiger partial charge in [-0.2, -0.15) is 0 Å². The van der Waals surface area contributed by atoms with Crippen molar-refractivity contribution < 1.29 is 9.90 Å². The molecule has 2 unspecified atom stereocenters. The maximum absolute atomic E-state index is 12.3. The third kappa shape index (κ3) is 3.85. The molecule has 2 heterocycles. The molecule has 1 aromatic carbocycles. The zero-order valence-electron chi connectivity index (χ0n) is 13.4. The van der Waals surface area contributed by atoms with E-state index in [4.69, 9.17) is 0 Å². The van der Waals surface area contributed by atoms with E-state index in [9.17, 15) is 9.90 Å². The number of amides is 1. The van der Waals surface area contributed by atoms with E-state index >= 15 is 0 Å². The van der Waals surface area contributed by atoms with Crippen molar-refractivity contribution in [3.05, 3.63) is 46.5 Å².